The molecule has 4 aromatic heterocycles. The number of fused-ring (bicyclic) bond motifs is 28. The van der Waals surface area contributed by atoms with Crippen molar-refractivity contribution in [2.24, 2.45) is 0 Å². The fraction of sp³-hybridized carbons (Fsp3) is 0.0580. The van der Waals surface area contributed by atoms with Gasteiger partial charge in [-0.2, -0.15) is 0 Å². The number of furan rings is 4. The number of hydrogen-bond acceptors (Lipinski definition) is 4. The topological polar surface area (TPSA) is 52.6 Å². The summed E-state index contributed by atoms with van der Waals surface area (Å²) in [5.74, 6) is 0. The van der Waals surface area contributed by atoms with E-state index in [1.165, 1.54) is 44.5 Å². The molecule has 2 aliphatic heterocycles. The molecule has 682 valence electrons. The second-order valence-corrected chi connectivity index (χ2v) is 36.9. The highest BCUT2D eigenvalue weighted by molar-refractivity contribution is 6.09. The van der Waals surface area contributed by atoms with Gasteiger partial charge in [-0.25, -0.2) is 0 Å². The first-order valence-corrected chi connectivity index (χ1v) is 48.8. The molecule has 4 nitrogen and oxygen atoms in total. The number of rotatable bonds is 8. The zero-order valence-electron chi connectivity index (χ0n) is 81.0. The van der Waals surface area contributed by atoms with Gasteiger partial charge in [0.2, 0.25) is 0 Å². The maximum absolute atomic E-state index is 7.33. The molecule has 0 saturated heterocycles. The van der Waals surface area contributed by atoms with Crippen LogP contribution in [0.3, 0.4) is 0 Å². The molecule has 0 atom stereocenters. The van der Waals surface area contributed by atoms with E-state index < -0.39 is 0 Å². The Morgan fingerprint density at radius 1 is 0.183 bits per heavy atom. The molecule has 4 heteroatoms. The molecule has 6 aliphatic rings. The smallest absolute Gasteiger partial charge is 0.145 e. The molecular weight excluding hydrogens is 1720 g/mol. The van der Waals surface area contributed by atoms with Crippen LogP contribution in [0, 0.1) is 55.4 Å². The van der Waals surface area contributed by atoms with E-state index in [-0.39, 0.29) is 0 Å². The van der Waals surface area contributed by atoms with Crippen LogP contribution in [0.2, 0.25) is 0 Å². The minimum absolute atomic E-state index is 0.802. The lowest BCUT2D eigenvalue weighted by Gasteiger charge is -2.12. The molecule has 0 spiro atoms. The highest BCUT2D eigenvalue weighted by Crippen LogP contribution is 2.46. The second kappa shape index (κ2) is 40.9. The summed E-state index contributed by atoms with van der Waals surface area (Å²) in [4.78, 5) is 0. The van der Waals surface area contributed by atoms with E-state index in [0.29, 0.717) is 0 Å². The highest BCUT2D eigenvalue weighted by Gasteiger charge is 2.30. The summed E-state index contributed by atoms with van der Waals surface area (Å²) in [6, 6.07) is 177. The lowest BCUT2D eigenvalue weighted by molar-refractivity contribution is 0.498. The standard InChI is InChI=1S/2C60H44O2.3C6H6/c2*1-37-15-23-41(24-16-37)57-49-35-50(46-12-8-5-7-11-45(46)49)58(42-25-17-38(2)18-26-42)55-33-34-56(62-55)60(44-29-21-40(4)22-30-44)52-36-51(47-13-9-6-10-14-48(47)52)59(54-32-31-53(57)61-54)43-27-19-39(3)20-28-43;3*1-2-4-6-5-3-1/h2*5-36H,1-4H3;3*1-6H. The van der Waals surface area contributed by atoms with Crippen LogP contribution in [0.15, 0.2) is 515 Å². The molecule has 0 amide bonds. The van der Waals surface area contributed by atoms with Gasteiger partial charge in [0.1, 0.15) is 32.5 Å². The third-order valence-corrected chi connectivity index (χ3v) is 26.9. The van der Waals surface area contributed by atoms with E-state index in [1.54, 1.807) is 0 Å². The van der Waals surface area contributed by atoms with E-state index in [2.05, 4.69) is 444 Å². The Morgan fingerprint density at radius 2 is 0.415 bits per heavy atom. The summed E-state index contributed by atoms with van der Waals surface area (Å²) in [7, 11) is 0. The van der Waals surface area contributed by atoms with Crippen LogP contribution < -0.4 is 43.3 Å². The van der Waals surface area contributed by atoms with E-state index in [1.807, 2.05) is 109 Å². The SMILES string of the molecule is Cc1ccc(C2=c3ccc(o3)=C(c3ccc(C)cc3)c3c[c-](c4ccc[cH+]cc34)C(c3ccc(C)cc3)=c3ccc(o3)=C(c3ccc(C)cc3)c3cc2c2cccccc3-2)cc1.Cc1ccc(C2=c3ccc(o3)=C(c3ccc(C)cc3)c3c[c-](c4cccc[cH+]c34)C(c3ccc(C)cc3)=c3ccc(o3)=C(c3ccc(C)cc3)c3cc2c2cccccc3-2)cc1.c1ccccc1.c1ccccc1.c1ccccc1. The molecule has 19 aromatic rings. The average molecular weight is 1830 g/mol. The Bertz CT molecular complexity index is 7890. The Balaban J connectivity index is 0.000000142. The molecule has 6 heterocycles. The van der Waals surface area contributed by atoms with Crippen LogP contribution in [-0.2, 0) is 0 Å². The predicted octanol–water partition coefficient (Wildman–Crippen LogP) is 28.4. The fourth-order valence-corrected chi connectivity index (χ4v) is 19.7. The summed E-state index contributed by atoms with van der Waals surface area (Å²) in [5, 5.41) is 4.53. The van der Waals surface area contributed by atoms with Crippen LogP contribution in [0.25, 0.3) is 88.4 Å². The van der Waals surface area contributed by atoms with E-state index in [4.69, 9.17) is 17.7 Å². The Hall–Kier alpha value is -17.7. The van der Waals surface area contributed by atoms with E-state index in [9.17, 15) is 0 Å². The van der Waals surface area contributed by atoms with Crippen LogP contribution in [-0.4, -0.2) is 0 Å². The van der Waals surface area contributed by atoms with Crippen LogP contribution in [0.5, 0.6) is 0 Å². The zero-order chi connectivity index (χ0) is 96.5. The van der Waals surface area contributed by atoms with Gasteiger partial charge in [-0.05, 0) is 252 Å². The normalized spacial score (nSPS) is 12.1. The quantitative estimate of drug-likeness (QED) is 0.142. The molecule has 16 bridgehead atoms. The van der Waals surface area contributed by atoms with Crippen molar-refractivity contribution >= 4 is 66.1 Å². The Morgan fingerprint density at radius 3 is 0.718 bits per heavy atom. The minimum Gasteiger partial charge on any atom is -0.485 e. The number of benzene rings is 11. The van der Waals surface area contributed by atoms with Crippen molar-refractivity contribution in [3.8, 4) is 22.3 Å². The first-order valence-electron chi connectivity index (χ1n) is 48.8. The average Bonchev–Trinajstić information content (AvgIpc) is 1.58. The minimum atomic E-state index is 0.802. The van der Waals surface area contributed by atoms with Gasteiger partial charge < -0.3 is 17.7 Å². The van der Waals surface area contributed by atoms with Crippen molar-refractivity contribution in [1.29, 1.82) is 0 Å². The molecule has 15 aromatic carbocycles. The van der Waals surface area contributed by atoms with Gasteiger partial charge >= 0.3 is 0 Å². The van der Waals surface area contributed by atoms with Crippen LogP contribution in [0.1, 0.15) is 134 Å². The third kappa shape index (κ3) is 18.9. The maximum Gasteiger partial charge on any atom is 0.145 e. The predicted molar refractivity (Wildman–Crippen MR) is 588 cm³/mol. The maximum atomic E-state index is 7.33. The number of hydrogen-bond donors (Lipinski definition) is 0. The third-order valence-electron chi connectivity index (χ3n) is 26.9. The zero-order valence-corrected chi connectivity index (χ0v) is 81.0. The van der Waals surface area contributed by atoms with Gasteiger partial charge in [0.15, 0.2) is 0 Å². The van der Waals surface area contributed by atoms with Crippen molar-refractivity contribution < 1.29 is 17.7 Å². The van der Waals surface area contributed by atoms with Crippen molar-refractivity contribution in [1.82, 2.24) is 0 Å². The largest absolute Gasteiger partial charge is 0.485 e. The molecule has 0 N–H and O–H groups in total. The molecule has 142 heavy (non-hydrogen) atoms. The van der Waals surface area contributed by atoms with Crippen molar-refractivity contribution in [3.63, 3.8) is 0 Å². The van der Waals surface area contributed by atoms with Gasteiger partial charge in [-0.15, -0.1) is 0 Å². The molecule has 25 rings (SSSR count). The van der Waals surface area contributed by atoms with Crippen molar-refractivity contribution in [2.75, 3.05) is 0 Å². The lowest BCUT2D eigenvalue weighted by Crippen LogP contribution is -2.11. The van der Waals surface area contributed by atoms with Crippen molar-refractivity contribution in [3.05, 3.63) is 674 Å². The second-order valence-electron chi connectivity index (χ2n) is 36.9. The molecule has 0 radical (unpaired) electrons. The highest BCUT2D eigenvalue weighted by atomic mass is 16.3. The van der Waals surface area contributed by atoms with Gasteiger partial charge in [0, 0.05) is 74.7 Å². The molecule has 0 fully saturated rings. The van der Waals surface area contributed by atoms with Gasteiger partial charge in [0.25, 0.3) is 0 Å². The first kappa shape index (κ1) is 90.8. The summed E-state index contributed by atoms with van der Waals surface area (Å²) >= 11 is 0. The van der Waals surface area contributed by atoms with Crippen LogP contribution in [0.4, 0.5) is 0 Å². The molecule has 4 aliphatic carbocycles. The summed E-state index contributed by atoms with van der Waals surface area (Å²) in [6.07, 6.45) is 0. The molecule has 0 unspecified atom stereocenters. The Labute approximate surface area is 829 Å². The van der Waals surface area contributed by atoms with Gasteiger partial charge in [-0.3, -0.25) is 0 Å². The number of aryl methyl sites for hydroxylation is 8. The fourth-order valence-electron chi connectivity index (χ4n) is 19.7. The van der Waals surface area contributed by atoms with E-state index >= 15 is 0 Å². The van der Waals surface area contributed by atoms with Crippen molar-refractivity contribution in [2.45, 2.75) is 55.4 Å². The summed E-state index contributed by atoms with van der Waals surface area (Å²) in [5.41, 5.74) is 46.3. The Kier molecular flexibility index (Phi) is 26.2. The monoisotopic (exact) mass is 1830 g/mol. The summed E-state index contributed by atoms with van der Waals surface area (Å²) < 4.78 is 29.3. The lowest BCUT2D eigenvalue weighted by atomic mass is 9.94. The summed E-state index contributed by atoms with van der Waals surface area (Å²) in [6.45, 7) is 17.1. The first-order chi connectivity index (χ1) is 69.7. The molecular formula is C138H106O4. The van der Waals surface area contributed by atoms with Gasteiger partial charge in [-0.1, -0.05) is 437 Å². The van der Waals surface area contributed by atoms with Gasteiger partial charge in [0.05, 0.1) is 21.8 Å². The van der Waals surface area contributed by atoms with E-state index in [0.717, 1.165) is 221 Å². The van der Waals surface area contributed by atoms with Crippen LogP contribution >= 0.6 is 0 Å². The molecule has 0 saturated carbocycles.